The largest absolute Gasteiger partial charge is 0.352 e. The van der Waals surface area contributed by atoms with Crippen molar-refractivity contribution in [2.45, 2.75) is 69.0 Å². The van der Waals surface area contributed by atoms with Crippen molar-refractivity contribution >= 4 is 50.7 Å². The Balaban J connectivity index is 1.58. The number of halogens is 2. The van der Waals surface area contributed by atoms with Crippen LogP contribution in [0.25, 0.3) is 0 Å². The van der Waals surface area contributed by atoms with Gasteiger partial charge in [-0.15, -0.1) is 0 Å². The molecule has 0 aromatic heterocycles. The number of hydrogen-bond donors (Lipinski definition) is 1. The van der Waals surface area contributed by atoms with Crippen LogP contribution in [0.15, 0.2) is 108 Å². The summed E-state index contributed by atoms with van der Waals surface area (Å²) >= 11 is 12.7. The number of benzene rings is 4. The van der Waals surface area contributed by atoms with E-state index in [1.807, 2.05) is 61.5 Å². The molecule has 5 rings (SSSR count). The first-order chi connectivity index (χ1) is 22.6. The van der Waals surface area contributed by atoms with E-state index in [-0.39, 0.29) is 45.5 Å². The van der Waals surface area contributed by atoms with E-state index in [9.17, 15) is 18.0 Å². The average molecular weight is 693 g/mol. The van der Waals surface area contributed by atoms with Crippen LogP contribution in [0.1, 0.15) is 48.8 Å². The van der Waals surface area contributed by atoms with Gasteiger partial charge in [0.1, 0.15) is 12.6 Å². The zero-order valence-corrected chi connectivity index (χ0v) is 28.6. The summed E-state index contributed by atoms with van der Waals surface area (Å²) in [6, 6.07) is 28.7. The fourth-order valence-electron chi connectivity index (χ4n) is 6.00. The van der Waals surface area contributed by atoms with Crippen LogP contribution in [0.3, 0.4) is 0 Å². The third-order valence-electron chi connectivity index (χ3n) is 8.57. The number of sulfonamides is 1. The number of rotatable bonds is 12. The number of carbonyl (C=O) groups is 2. The van der Waals surface area contributed by atoms with E-state index in [0.29, 0.717) is 0 Å². The molecule has 2 amide bonds. The summed E-state index contributed by atoms with van der Waals surface area (Å²) in [7, 11) is -4.26. The van der Waals surface area contributed by atoms with Crippen molar-refractivity contribution in [3.63, 3.8) is 0 Å². The molecular weight excluding hydrogens is 653 g/mol. The highest BCUT2D eigenvalue weighted by molar-refractivity contribution is 7.92. The second-order valence-corrected chi connectivity index (χ2v) is 14.7. The van der Waals surface area contributed by atoms with Gasteiger partial charge >= 0.3 is 0 Å². The number of nitrogens with zero attached hydrogens (tertiary/aromatic N) is 2. The van der Waals surface area contributed by atoms with Gasteiger partial charge in [0.15, 0.2) is 0 Å². The number of carbonyl (C=O) groups excluding carboxylic acids is 2. The lowest BCUT2D eigenvalue weighted by molar-refractivity contribution is -0.140. The predicted molar refractivity (Wildman–Crippen MR) is 188 cm³/mol. The molecule has 1 aliphatic rings. The molecule has 4 aromatic rings. The molecule has 0 heterocycles. The van der Waals surface area contributed by atoms with Crippen molar-refractivity contribution in [3.05, 3.63) is 130 Å². The summed E-state index contributed by atoms with van der Waals surface area (Å²) in [5.41, 5.74) is 2.83. The topological polar surface area (TPSA) is 86.8 Å². The molecular formula is C37H39Cl2N3O4S. The van der Waals surface area contributed by atoms with E-state index >= 15 is 0 Å². The zero-order valence-electron chi connectivity index (χ0n) is 26.3. The Morgan fingerprint density at radius 2 is 1.43 bits per heavy atom. The smallest absolute Gasteiger partial charge is 0.264 e. The maximum atomic E-state index is 14.7. The van der Waals surface area contributed by atoms with Crippen LogP contribution < -0.4 is 9.62 Å². The second-order valence-electron chi connectivity index (χ2n) is 11.9. The zero-order chi connectivity index (χ0) is 33.4. The van der Waals surface area contributed by atoms with Gasteiger partial charge in [-0.3, -0.25) is 13.9 Å². The lowest BCUT2D eigenvalue weighted by Crippen LogP contribution is -2.55. The van der Waals surface area contributed by atoms with Crippen LogP contribution in [0.5, 0.6) is 0 Å². The van der Waals surface area contributed by atoms with Gasteiger partial charge in [-0.05, 0) is 66.8 Å². The molecule has 1 N–H and O–H groups in total. The molecule has 1 aliphatic carbocycles. The van der Waals surface area contributed by atoms with Gasteiger partial charge in [0.2, 0.25) is 11.8 Å². The van der Waals surface area contributed by atoms with Gasteiger partial charge in [-0.1, -0.05) is 115 Å². The van der Waals surface area contributed by atoms with Crippen LogP contribution in [0.4, 0.5) is 5.69 Å². The molecule has 47 heavy (non-hydrogen) atoms. The van der Waals surface area contributed by atoms with Gasteiger partial charge in [-0.2, -0.15) is 0 Å². The quantitative estimate of drug-likeness (QED) is 0.166. The molecule has 0 bridgehead atoms. The third-order valence-corrected chi connectivity index (χ3v) is 10.8. The Labute approximate surface area is 287 Å². The van der Waals surface area contributed by atoms with Crippen LogP contribution in [0, 0.1) is 6.92 Å². The molecule has 246 valence electrons. The van der Waals surface area contributed by atoms with E-state index < -0.39 is 28.5 Å². The molecule has 0 spiro atoms. The summed E-state index contributed by atoms with van der Waals surface area (Å²) in [5, 5.41) is 3.67. The summed E-state index contributed by atoms with van der Waals surface area (Å²) in [6.45, 7) is 1.48. The molecule has 10 heteroatoms. The van der Waals surface area contributed by atoms with Crippen LogP contribution in [-0.4, -0.2) is 43.8 Å². The highest BCUT2D eigenvalue weighted by Gasteiger charge is 2.35. The number of nitrogens with one attached hydrogen (secondary N) is 1. The highest BCUT2D eigenvalue weighted by atomic mass is 35.5. The Kier molecular flexibility index (Phi) is 11.6. The number of anilines is 1. The van der Waals surface area contributed by atoms with Crippen LogP contribution >= 0.6 is 23.2 Å². The summed E-state index contributed by atoms with van der Waals surface area (Å²) in [5.74, 6) is -0.797. The average Bonchev–Trinajstić information content (AvgIpc) is 3.06. The standard InChI is InChI=1S/C37H39Cl2N3O4S/c1-27-13-11-12-16-29(27)25-41(35(21-28-14-5-2-6-15-28)37(44)40-32-17-7-3-8-18-32)36(43)26-42(33-23-30(38)22-31(39)24-33)47(45,46)34-19-9-4-10-20-34/h2,4-6,9-16,19-20,22-24,32,35H,3,7-8,17-18,21,25-26H2,1H3,(H,40,44). The van der Waals surface area contributed by atoms with Crippen LogP contribution in [0.2, 0.25) is 10.0 Å². The van der Waals surface area contributed by atoms with Gasteiger partial charge in [0.25, 0.3) is 10.0 Å². The first-order valence-electron chi connectivity index (χ1n) is 15.8. The normalized spacial score (nSPS) is 14.3. The molecule has 0 aliphatic heterocycles. The molecule has 7 nitrogen and oxygen atoms in total. The minimum atomic E-state index is -4.26. The monoisotopic (exact) mass is 691 g/mol. The Morgan fingerprint density at radius 1 is 0.830 bits per heavy atom. The van der Waals surface area contributed by atoms with Crippen molar-refractivity contribution in [1.82, 2.24) is 10.2 Å². The summed E-state index contributed by atoms with van der Waals surface area (Å²) in [6.07, 6.45) is 5.23. The van der Waals surface area contributed by atoms with E-state index in [4.69, 9.17) is 23.2 Å². The summed E-state index contributed by atoms with van der Waals surface area (Å²) < 4.78 is 29.4. The fraction of sp³-hybridized carbons (Fsp3) is 0.297. The van der Waals surface area contributed by atoms with Gasteiger partial charge in [0.05, 0.1) is 10.6 Å². The maximum Gasteiger partial charge on any atom is 0.264 e. The van der Waals surface area contributed by atoms with E-state index in [1.54, 1.807) is 18.2 Å². The van der Waals surface area contributed by atoms with Gasteiger partial charge < -0.3 is 10.2 Å². The Bertz CT molecular complexity index is 1760. The molecule has 0 radical (unpaired) electrons. The minimum absolute atomic E-state index is 0.00484. The van der Waals surface area contributed by atoms with Gasteiger partial charge in [0, 0.05) is 29.1 Å². The molecule has 1 atom stereocenters. The van der Waals surface area contributed by atoms with Crippen molar-refractivity contribution in [2.24, 2.45) is 0 Å². The molecule has 1 saturated carbocycles. The lowest BCUT2D eigenvalue weighted by Gasteiger charge is -2.35. The van der Waals surface area contributed by atoms with Crippen molar-refractivity contribution in [3.8, 4) is 0 Å². The van der Waals surface area contributed by atoms with Crippen molar-refractivity contribution in [2.75, 3.05) is 10.8 Å². The first kappa shape index (κ1) is 34.5. The minimum Gasteiger partial charge on any atom is -0.352 e. The molecule has 1 unspecified atom stereocenters. The van der Waals surface area contributed by atoms with E-state index in [0.717, 1.165) is 53.1 Å². The first-order valence-corrected chi connectivity index (χ1v) is 18.0. The maximum absolute atomic E-state index is 14.7. The number of aryl methyl sites for hydroxylation is 1. The third kappa shape index (κ3) is 8.95. The SMILES string of the molecule is Cc1ccccc1CN(C(=O)CN(c1cc(Cl)cc(Cl)c1)S(=O)(=O)c1ccccc1)C(Cc1ccccc1)C(=O)NC1CCCCC1. The fourth-order valence-corrected chi connectivity index (χ4v) is 7.93. The van der Waals surface area contributed by atoms with Crippen LogP contribution in [-0.2, 0) is 32.6 Å². The Morgan fingerprint density at radius 3 is 2.06 bits per heavy atom. The molecule has 1 fully saturated rings. The number of amides is 2. The van der Waals surface area contributed by atoms with Gasteiger partial charge in [-0.25, -0.2) is 8.42 Å². The van der Waals surface area contributed by atoms with Crippen molar-refractivity contribution < 1.29 is 18.0 Å². The Hall–Kier alpha value is -3.85. The second kappa shape index (κ2) is 15.8. The van der Waals surface area contributed by atoms with E-state index in [1.165, 1.54) is 35.2 Å². The highest BCUT2D eigenvalue weighted by Crippen LogP contribution is 2.30. The lowest BCUT2D eigenvalue weighted by atomic mass is 9.94. The molecule has 4 aromatic carbocycles. The van der Waals surface area contributed by atoms with E-state index in [2.05, 4.69) is 5.32 Å². The van der Waals surface area contributed by atoms with Crippen molar-refractivity contribution in [1.29, 1.82) is 0 Å². The number of hydrogen-bond acceptors (Lipinski definition) is 4. The predicted octanol–water partition coefficient (Wildman–Crippen LogP) is 7.59. The summed E-state index contributed by atoms with van der Waals surface area (Å²) in [4.78, 5) is 30.4. The molecule has 0 saturated heterocycles.